The standard InChI is InChI=1S/C13H23N5.ClH/c1-10-9-15-12(16-11(10)18(2)3)17-13(14)7-5-4-6-8-13;/h9H,4-8,14H2,1-3H3,(H,15,16,17);1H. The molecule has 1 saturated carbocycles. The van der Waals surface area contributed by atoms with Gasteiger partial charge in [0.1, 0.15) is 5.82 Å². The summed E-state index contributed by atoms with van der Waals surface area (Å²) in [6.07, 6.45) is 7.45. The van der Waals surface area contributed by atoms with Crippen LogP contribution in [0, 0.1) is 6.92 Å². The fraction of sp³-hybridized carbons (Fsp3) is 0.692. The molecule has 0 amide bonds. The molecule has 0 atom stereocenters. The summed E-state index contributed by atoms with van der Waals surface area (Å²) in [4.78, 5) is 10.9. The molecule has 1 aromatic rings. The molecule has 2 rings (SSSR count). The first-order chi connectivity index (χ1) is 8.50. The van der Waals surface area contributed by atoms with Crippen LogP contribution < -0.4 is 16.0 Å². The number of hydrogen-bond acceptors (Lipinski definition) is 5. The second kappa shape index (κ2) is 6.39. The van der Waals surface area contributed by atoms with Gasteiger partial charge in [-0.3, -0.25) is 0 Å². The smallest absolute Gasteiger partial charge is 0.226 e. The summed E-state index contributed by atoms with van der Waals surface area (Å²) in [5.41, 5.74) is 7.08. The van der Waals surface area contributed by atoms with Gasteiger partial charge in [0.05, 0.1) is 5.66 Å². The Kier molecular flexibility index (Phi) is 5.38. The molecular formula is C13H24ClN5. The lowest BCUT2D eigenvalue weighted by atomic mass is 9.90. The SMILES string of the molecule is Cc1cnc(NC2(N)CCCCC2)nc1N(C)C.Cl. The highest BCUT2D eigenvalue weighted by atomic mass is 35.5. The van der Waals surface area contributed by atoms with E-state index in [-0.39, 0.29) is 18.1 Å². The van der Waals surface area contributed by atoms with Crippen molar-refractivity contribution in [3.8, 4) is 0 Å². The van der Waals surface area contributed by atoms with Gasteiger partial charge < -0.3 is 16.0 Å². The van der Waals surface area contributed by atoms with Crippen molar-refractivity contribution >= 4 is 24.2 Å². The van der Waals surface area contributed by atoms with Gasteiger partial charge in [0, 0.05) is 25.9 Å². The molecule has 5 nitrogen and oxygen atoms in total. The topological polar surface area (TPSA) is 67.1 Å². The summed E-state index contributed by atoms with van der Waals surface area (Å²) in [5, 5.41) is 3.31. The number of nitrogens with two attached hydrogens (primary N) is 1. The Bertz CT molecular complexity index is 415. The van der Waals surface area contributed by atoms with E-state index in [0.29, 0.717) is 5.95 Å². The molecule has 0 unspecified atom stereocenters. The third-order valence-corrected chi connectivity index (χ3v) is 3.48. The van der Waals surface area contributed by atoms with Crippen molar-refractivity contribution in [2.24, 2.45) is 5.73 Å². The average molecular weight is 286 g/mol. The van der Waals surface area contributed by atoms with E-state index in [2.05, 4.69) is 15.3 Å². The fourth-order valence-corrected chi connectivity index (χ4v) is 2.48. The van der Waals surface area contributed by atoms with E-state index in [1.807, 2.05) is 32.1 Å². The lowest BCUT2D eigenvalue weighted by Gasteiger charge is -2.34. The number of rotatable bonds is 3. The Morgan fingerprint density at radius 3 is 2.47 bits per heavy atom. The van der Waals surface area contributed by atoms with Crippen LogP contribution in [0.1, 0.15) is 37.7 Å². The molecule has 0 aliphatic heterocycles. The predicted octanol–water partition coefficient (Wildman–Crippen LogP) is 2.30. The number of anilines is 2. The normalized spacial score (nSPS) is 17.5. The quantitative estimate of drug-likeness (QED) is 0.834. The van der Waals surface area contributed by atoms with E-state index in [0.717, 1.165) is 24.2 Å². The van der Waals surface area contributed by atoms with Gasteiger partial charge >= 0.3 is 0 Å². The first kappa shape index (κ1) is 16.0. The highest BCUT2D eigenvalue weighted by Crippen LogP contribution is 2.27. The Hall–Kier alpha value is -1.07. The van der Waals surface area contributed by atoms with Gasteiger partial charge in [0.25, 0.3) is 0 Å². The van der Waals surface area contributed by atoms with Crippen LogP contribution in [-0.2, 0) is 0 Å². The second-order valence-electron chi connectivity index (χ2n) is 5.44. The van der Waals surface area contributed by atoms with Crippen LogP contribution in [0.2, 0.25) is 0 Å². The monoisotopic (exact) mass is 285 g/mol. The molecule has 0 spiro atoms. The molecule has 6 heteroatoms. The van der Waals surface area contributed by atoms with Gasteiger partial charge in [-0.1, -0.05) is 6.42 Å². The minimum Gasteiger partial charge on any atom is -0.362 e. The molecule has 1 heterocycles. The summed E-state index contributed by atoms with van der Waals surface area (Å²) in [6, 6.07) is 0. The number of nitrogens with one attached hydrogen (secondary N) is 1. The van der Waals surface area contributed by atoms with Gasteiger partial charge in [0.15, 0.2) is 0 Å². The molecule has 1 aromatic heterocycles. The van der Waals surface area contributed by atoms with Crippen molar-refractivity contribution < 1.29 is 0 Å². The highest BCUT2D eigenvalue weighted by Gasteiger charge is 2.28. The van der Waals surface area contributed by atoms with Crippen molar-refractivity contribution in [2.45, 2.75) is 44.7 Å². The van der Waals surface area contributed by atoms with Gasteiger partial charge in [-0.2, -0.15) is 4.98 Å². The Balaban J connectivity index is 0.00000180. The highest BCUT2D eigenvalue weighted by molar-refractivity contribution is 5.85. The van der Waals surface area contributed by atoms with E-state index in [9.17, 15) is 0 Å². The number of aromatic nitrogens is 2. The summed E-state index contributed by atoms with van der Waals surface area (Å²) in [5.74, 6) is 1.57. The summed E-state index contributed by atoms with van der Waals surface area (Å²) in [7, 11) is 3.97. The maximum absolute atomic E-state index is 6.35. The van der Waals surface area contributed by atoms with Crippen LogP contribution in [0.25, 0.3) is 0 Å². The molecule has 3 N–H and O–H groups in total. The van der Waals surface area contributed by atoms with Crippen LogP contribution in [-0.4, -0.2) is 29.7 Å². The lowest BCUT2D eigenvalue weighted by molar-refractivity contribution is 0.331. The zero-order chi connectivity index (χ0) is 13.2. The minimum absolute atomic E-state index is 0. The molecule has 19 heavy (non-hydrogen) atoms. The minimum atomic E-state index is -0.336. The second-order valence-corrected chi connectivity index (χ2v) is 5.44. The maximum Gasteiger partial charge on any atom is 0.226 e. The molecule has 1 aliphatic rings. The Morgan fingerprint density at radius 2 is 1.89 bits per heavy atom. The molecule has 108 valence electrons. The first-order valence-corrected chi connectivity index (χ1v) is 6.58. The van der Waals surface area contributed by atoms with Crippen LogP contribution in [0.4, 0.5) is 11.8 Å². The van der Waals surface area contributed by atoms with Gasteiger partial charge in [-0.15, -0.1) is 12.4 Å². The van der Waals surface area contributed by atoms with Crippen molar-refractivity contribution in [1.82, 2.24) is 9.97 Å². The van der Waals surface area contributed by atoms with Gasteiger partial charge in [-0.05, 0) is 32.6 Å². The molecule has 1 fully saturated rings. The van der Waals surface area contributed by atoms with Gasteiger partial charge in [-0.25, -0.2) is 4.98 Å². The summed E-state index contributed by atoms with van der Waals surface area (Å²) >= 11 is 0. The van der Waals surface area contributed by atoms with Crippen LogP contribution in [0.5, 0.6) is 0 Å². The zero-order valence-electron chi connectivity index (χ0n) is 11.9. The van der Waals surface area contributed by atoms with Gasteiger partial charge in [0.2, 0.25) is 5.95 Å². The molecule has 1 aliphatic carbocycles. The molecule has 0 radical (unpaired) electrons. The van der Waals surface area contributed by atoms with E-state index >= 15 is 0 Å². The van der Waals surface area contributed by atoms with E-state index in [1.54, 1.807) is 0 Å². The fourth-order valence-electron chi connectivity index (χ4n) is 2.48. The maximum atomic E-state index is 6.35. The third kappa shape index (κ3) is 3.94. The molecule has 0 aromatic carbocycles. The largest absolute Gasteiger partial charge is 0.362 e. The van der Waals surface area contributed by atoms with Crippen molar-refractivity contribution in [3.63, 3.8) is 0 Å². The molecule has 0 bridgehead atoms. The summed E-state index contributed by atoms with van der Waals surface area (Å²) in [6.45, 7) is 2.01. The van der Waals surface area contributed by atoms with E-state index in [1.165, 1.54) is 19.3 Å². The molecular weight excluding hydrogens is 262 g/mol. The predicted molar refractivity (Wildman–Crippen MR) is 82.0 cm³/mol. The first-order valence-electron chi connectivity index (χ1n) is 6.58. The van der Waals surface area contributed by atoms with Crippen LogP contribution in [0.3, 0.4) is 0 Å². The number of aryl methyl sites for hydroxylation is 1. The van der Waals surface area contributed by atoms with Crippen molar-refractivity contribution in [3.05, 3.63) is 11.8 Å². The number of nitrogens with zero attached hydrogens (tertiary/aromatic N) is 3. The number of halogens is 1. The third-order valence-electron chi connectivity index (χ3n) is 3.48. The average Bonchev–Trinajstić information content (AvgIpc) is 2.32. The van der Waals surface area contributed by atoms with Crippen LogP contribution >= 0.6 is 12.4 Å². The Morgan fingerprint density at radius 1 is 1.26 bits per heavy atom. The van der Waals surface area contributed by atoms with E-state index in [4.69, 9.17) is 5.73 Å². The number of hydrogen-bond donors (Lipinski definition) is 2. The van der Waals surface area contributed by atoms with E-state index < -0.39 is 0 Å². The van der Waals surface area contributed by atoms with Crippen molar-refractivity contribution in [2.75, 3.05) is 24.3 Å². The zero-order valence-corrected chi connectivity index (χ0v) is 12.8. The summed E-state index contributed by atoms with van der Waals surface area (Å²) < 4.78 is 0. The van der Waals surface area contributed by atoms with Crippen LogP contribution in [0.15, 0.2) is 6.20 Å². The lowest BCUT2D eigenvalue weighted by Crippen LogP contribution is -2.49. The van der Waals surface area contributed by atoms with Crippen molar-refractivity contribution in [1.29, 1.82) is 0 Å². The Labute approximate surface area is 121 Å². The molecule has 0 saturated heterocycles.